The number of fused-ring (bicyclic) bond motifs is 1. The molecule has 1 fully saturated rings. The van der Waals surface area contributed by atoms with Gasteiger partial charge in [-0.2, -0.15) is 5.10 Å². The van der Waals surface area contributed by atoms with Gasteiger partial charge in [-0.15, -0.1) is 0 Å². The molecule has 0 spiro atoms. The van der Waals surface area contributed by atoms with E-state index in [-0.39, 0.29) is 12.3 Å². The topological polar surface area (TPSA) is 96.3 Å². The Morgan fingerprint density at radius 1 is 1.12 bits per heavy atom. The zero-order valence-electron chi connectivity index (χ0n) is 14.8. The summed E-state index contributed by atoms with van der Waals surface area (Å²) in [6.07, 6.45) is 0.825. The highest BCUT2D eigenvalue weighted by Crippen LogP contribution is 2.35. The highest BCUT2D eigenvalue weighted by Gasteiger charge is 2.59. The molecule has 0 bridgehead atoms. The molecule has 1 aromatic carbocycles. The molecule has 0 radical (unpaired) electrons. The second kappa shape index (κ2) is 6.70. The minimum atomic E-state index is -1.15. The van der Waals surface area contributed by atoms with Gasteiger partial charge in [0.05, 0.1) is 12.3 Å². The number of rotatable bonds is 4. The Balaban J connectivity index is 2.00. The van der Waals surface area contributed by atoms with E-state index in [1.165, 1.54) is 6.92 Å². The van der Waals surface area contributed by atoms with Gasteiger partial charge in [-0.25, -0.2) is 14.7 Å². The van der Waals surface area contributed by atoms with Gasteiger partial charge in [-0.3, -0.25) is 14.4 Å². The third-order valence-electron chi connectivity index (χ3n) is 4.46. The first-order chi connectivity index (χ1) is 12.4. The summed E-state index contributed by atoms with van der Waals surface area (Å²) in [6, 6.07) is 5.86. The largest absolute Gasteiger partial charge is 0.461 e. The van der Waals surface area contributed by atoms with Crippen LogP contribution in [0.2, 0.25) is 0 Å². The van der Waals surface area contributed by atoms with Crippen LogP contribution in [0.4, 0.5) is 5.69 Å². The number of aryl methyl sites for hydroxylation is 1. The summed E-state index contributed by atoms with van der Waals surface area (Å²) < 4.78 is 4.93. The van der Waals surface area contributed by atoms with Gasteiger partial charge in [-0.1, -0.05) is 19.1 Å². The Bertz CT molecular complexity index is 815. The first-order valence-electron chi connectivity index (χ1n) is 8.42. The predicted octanol–water partition coefficient (Wildman–Crippen LogP) is 0.888. The van der Waals surface area contributed by atoms with Crippen LogP contribution in [0, 0.1) is 5.92 Å². The number of amides is 3. The maximum absolute atomic E-state index is 12.9. The maximum atomic E-state index is 12.9. The highest BCUT2D eigenvalue weighted by molar-refractivity contribution is 6.47. The summed E-state index contributed by atoms with van der Waals surface area (Å²) in [5.74, 6) is -3.63. The lowest BCUT2D eigenvalue weighted by molar-refractivity contribution is -0.136. The maximum Gasteiger partial charge on any atom is 0.355 e. The van der Waals surface area contributed by atoms with Crippen LogP contribution >= 0.6 is 0 Å². The van der Waals surface area contributed by atoms with Crippen LogP contribution < -0.4 is 4.90 Å². The van der Waals surface area contributed by atoms with Crippen molar-refractivity contribution >= 4 is 35.1 Å². The molecular formula is C18H19N3O5. The molecule has 0 aromatic heterocycles. The summed E-state index contributed by atoms with van der Waals surface area (Å²) in [5.41, 5.74) is 1.25. The molecule has 2 atom stereocenters. The Kier molecular flexibility index (Phi) is 4.58. The fourth-order valence-corrected chi connectivity index (χ4v) is 3.18. The standard InChI is InChI=1S/C18H19N3O5/c1-4-11-6-8-12(9-7-11)20-16(23)13-14(18(25)26-5-2)19-21(10(3)22)15(13)17(20)24/h6-9,13,15H,4-5H2,1-3H3. The fraction of sp³-hybridized carbons (Fsp3) is 0.389. The average Bonchev–Trinajstić information content (AvgIpc) is 3.13. The van der Waals surface area contributed by atoms with E-state index in [4.69, 9.17) is 4.74 Å². The van der Waals surface area contributed by atoms with Gasteiger partial charge in [0, 0.05) is 6.92 Å². The van der Waals surface area contributed by atoms with Gasteiger partial charge in [0.2, 0.25) is 11.8 Å². The number of carbonyl (C=O) groups excluding carboxylic acids is 4. The molecule has 2 unspecified atom stereocenters. The van der Waals surface area contributed by atoms with Gasteiger partial charge in [0.25, 0.3) is 5.91 Å². The molecule has 3 amide bonds. The highest BCUT2D eigenvalue weighted by atomic mass is 16.5. The molecule has 136 valence electrons. The third kappa shape index (κ3) is 2.67. The minimum Gasteiger partial charge on any atom is -0.461 e. The van der Waals surface area contributed by atoms with Crippen molar-refractivity contribution in [3.8, 4) is 0 Å². The van der Waals surface area contributed by atoms with Crippen LogP contribution in [0.25, 0.3) is 0 Å². The molecule has 3 rings (SSSR count). The molecule has 2 aliphatic heterocycles. The number of esters is 1. The van der Waals surface area contributed by atoms with Gasteiger partial charge in [-0.05, 0) is 31.0 Å². The molecule has 8 heteroatoms. The quantitative estimate of drug-likeness (QED) is 0.589. The van der Waals surface area contributed by atoms with Crippen LogP contribution in [-0.4, -0.2) is 47.1 Å². The van der Waals surface area contributed by atoms with Gasteiger partial charge in [0.1, 0.15) is 5.92 Å². The normalized spacial score (nSPS) is 21.7. The van der Waals surface area contributed by atoms with Crippen molar-refractivity contribution in [1.29, 1.82) is 0 Å². The third-order valence-corrected chi connectivity index (χ3v) is 4.46. The average molecular weight is 357 g/mol. The first kappa shape index (κ1) is 17.8. The van der Waals surface area contributed by atoms with E-state index < -0.39 is 35.7 Å². The number of ether oxygens (including phenoxy) is 1. The monoisotopic (exact) mass is 357 g/mol. The van der Waals surface area contributed by atoms with Crippen LogP contribution in [0.3, 0.4) is 0 Å². The van der Waals surface area contributed by atoms with Crippen molar-refractivity contribution in [3.05, 3.63) is 29.8 Å². The number of hydrogen-bond acceptors (Lipinski definition) is 6. The molecule has 0 N–H and O–H groups in total. The lowest BCUT2D eigenvalue weighted by atomic mass is 9.98. The Labute approximate surface area is 150 Å². The van der Waals surface area contributed by atoms with Crippen LogP contribution in [0.5, 0.6) is 0 Å². The van der Waals surface area contributed by atoms with Crippen molar-refractivity contribution in [2.24, 2.45) is 11.0 Å². The molecular weight excluding hydrogens is 338 g/mol. The molecule has 1 saturated heterocycles. The second-order valence-corrected chi connectivity index (χ2v) is 6.02. The summed E-state index contributed by atoms with van der Waals surface area (Å²) in [4.78, 5) is 50.8. The molecule has 0 aliphatic carbocycles. The number of nitrogens with zero attached hydrogens (tertiary/aromatic N) is 3. The zero-order chi connectivity index (χ0) is 19.0. The number of carbonyl (C=O) groups is 4. The van der Waals surface area contributed by atoms with Crippen molar-refractivity contribution in [3.63, 3.8) is 0 Å². The number of imide groups is 1. The summed E-state index contributed by atoms with van der Waals surface area (Å²) in [5, 5.41) is 4.80. The molecule has 8 nitrogen and oxygen atoms in total. The van der Waals surface area contributed by atoms with E-state index in [1.54, 1.807) is 19.1 Å². The fourth-order valence-electron chi connectivity index (χ4n) is 3.18. The molecule has 1 aromatic rings. The van der Waals surface area contributed by atoms with Gasteiger partial charge >= 0.3 is 5.97 Å². The number of hydrazone groups is 1. The second-order valence-electron chi connectivity index (χ2n) is 6.02. The SMILES string of the molecule is CCOC(=O)C1=NN(C(C)=O)C2C(=O)N(c3ccc(CC)cc3)C(=O)C12. The Hall–Kier alpha value is -3.03. The van der Waals surface area contributed by atoms with Crippen molar-refractivity contribution < 1.29 is 23.9 Å². The number of benzene rings is 1. The molecule has 2 heterocycles. The Morgan fingerprint density at radius 3 is 2.31 bits per heavy atom. The number of anilines is 1. The lowest BCUT2D eigenvalue weighted by Gasteiger charge is -2.19. The smallest absolute Gasteiger partial charge is 0.355 e. The summed E-state index contributed by atoms with van der Waals surface area (Å²) >= 11 is 0. The summed E-state index contributed by atoms with van der Waals surface area (Å²) in [7, 11) is 0. The van der Waals surface area contributed by atoms with E-state index in [2.05, 4.69) is 5.10 Å². The first-order valence-corrected chi connectivity index (χ1v) is 8.42. The van der Waals surface area contributed by atoms with Gasteiger partial charge in [0.15, 0.2) is 11.8 Å². The summed E-state index contributed by atoms with van der Waals surface area (Å²) in [6.45, 7) is 4.94. The number of hydrogen-bond donors (Lipinski definition) is 0. The Morgan fingerprint density at radius 2 is 1.77 bits per heavy atom. The lowest BCUT2D eigenvalue weighted by Crippen LogP contribution is -2.41. The molecule has 2 aliphatic rings. The van der Waals surface area contributed by atoms with Gasteiger partial charge < -0.3 is 4.74 Å². The molecule has 26 heavy (non-hydrogen) atoms. The van der Waals surface area contributed by atoms with E-state index in [0.29, 0.717) is 5.69 Å². The van der Waals surface area contributed by atoms with Crippen LogP contribution in [0.15, 0.2) is 29.4 Å². The van der Waals surface area contributed by atoms with Crippen LogP contribution in [-0.2, 0) is 30.3 Å². The molecule has 0 saturated carbocycles. The van der Waals surface area contributed by atoms with Crippen LogP contribution in [0.1, 0.15) is 26.3 Å². The van der Waals surface area contributed by atoms with E-state index >= 15 is 0 Å². The van der Waals surface area contributed by atoms with Crippen molar-refractivity contribution in [2.45, 2.75) is 33.2 Å². The van der Waals surface area contributed by atoms with Crippen molar-refractivity contribution in [1.82, 2.24) is 5.01 Å². The van der Waals surface area contributed by atoms with E-state index in [1.807, 2.05) is 19.1 Å². The predicted molar refractivity (Wildman–Crippen MR) is 92.2 cm³/mol. The minimum absolute atomic E-state index is 0.0969. The van der Waals surface area contributed by atoms with E-state index in [0.717, 1.165) is 21.9 Å². The van der Waals surface area contributed by atoms with E-state index in [9.17, 15) is 19.2 Å². The van der Waals surface area contributed by atoms with Crippen molar-refractivity contribution in [2.75, 3.05) is 11.5 Å². The zero-order valence-corrected chi connectivity index (χ0v) is 14.8.